The summed E-state index contributed by atoms with van der Waals surface area (Å²) in [6.07, 6.45) is 5.65. The summed E-state index contributed by atoms with van der Waals surface area (Å²) >= 11 is 0. The molecular formula is C13H13FN2. The SMILES string of the molecule is N#Cc1ccc(N=C2CCCCC2)cc1F. The third-order valence-corrected chi connectivity index (χ3v) is 2.79. The molecule has 1 fully saturated rings. The average molecular weight is 216 g/mol. The number of rotatable bonds is 1. The van der Waals surface area contributed by atoms with Crippen LogP contribution in [0.15, 0.2) is 23.2 Å². The lowest BCUT2D eigenvalue weighted by Crippen LogP contribution is -2.03. The zero-order valence-corrected chi connectivity index (χ0v) is 9.04. The summed E-state index contributed by atoms with van der Waals surface area (Å²) in [6.45, 7) is 0. The molecule has 2 rings (SSSR count). The van der Waals surface area contributed by atoms with Crippen LogP contribution >= 0.6 is 0 Å². The summed E-state index contributed by atoms with van der Waals surface area (Å²) in [7, 11) is 0. The van der Waals surface area contributed by atoms with Crippen LogP contribution < -0.4 is 0 Å². The fraction of sp³-hybridized carbons (Fsp3) is 0.385. The van der Waals surface area contributed by atoms with Gasteiger partial charge >= 0.3 is 0 Å². The average Bonchev–Trinajstić information content (AvgIpc) is 2.31. The van der Waals surface area contributed by atoms with Crippen LogP contribution in [0.2, 0.25) is 0 Å². The minimum Gasteiger partial charge on any atom is -0.258 e. The van der Waals surface area contributed by atoms with E-state index in [1.165, 1.54) is 31.4 Å². The van der Waals surface area contributed by atoms with Crippen LogP contribution in [0, 0.1) is 17.1 Å². The van der Waals surface area contributed by atoms with E-state index >= 15 is 0 Å². The molecule has 3 heteroatoms. The summed E-state index contributed by atoms with van der Waals surface area (Å²) in [5.74, 6) is -0.486. The molecule has 0 radical (unpaired) electrons. The molecule has 1 saturated carbocycles. The van der Waals surface area contributed by atoms with Gasteiger partial charge in [0, 0.05) is 11.8 Å². The summed E-state index contributed by atoms with van der Waals surface area (Å²) in [5.41, 5.74) is 1.84. The maximum absolute atomic E-state index is 13.3. The Hall–Kier alpha value is -1.69. The lowest BCUT2D eigenvalue weighted by atomic mass is 9.98. The Labute approximate surface area is 94.4 Å². The molecule has 0 N–H and O–H groups in total. The van der Waals surface area contributed by atoms with Gasteiger partial charge in [0.1, 0.15) is 11.9 Å². The van der Waals surface area contributed by atoms with Gasteiger partial charge in [-0.2, -0.15) is 5.26 Å². The number of hydrogen-bond donors (Lipinski definition) is 0. The molecule has 1 aromatic carbocycles. The van der Waals surface area contributed by atoms with E-state index in [1.54, 1.807) is 12.1 Å². The molecule has 0 saturated heterocycles. The Morgan fingerprint density at radius 2 is 1.94 bits per heavy atom. The van der Waals surface area contributed by atoms with Gasteiger partial charge in [-0.3, -0.25) is 4.99 Å². The van der Waals surface area contributed by atoms with Gasteiger partial charge in [-0.05, 0) is 37.8 Å². The molecule has 0 unspecified atom stereocenters. The maximum atomic E-state index is 13.3. The van der Waals surface area contributed by atoms with E-state index in [1.807, 2.05) is 0 Å². The largest absolute Gasteiger partial charge is 0.258 e. The van der Waals surface area contributed by atoms with Crippen molar-refractivity contribution in [3.8, 4) is 6.07 Å². The van der Waals surface area contributed by atoms with Crippen LogP contribution in [-0.2, 0) is 0 Å². The lowest BCUT2D eigenvalue weighted by Gasteiger charge is -2.12. The van der Waals surface area contributed by atoms with Crippen LogP contribution in [0.1, 0.15) is 37.7 Å². The Balaban J connectivity index is 2.21. The highest BCUT2D eigenvalue weighted by Crippen LogP contribution is 2.21. The molecule has 0 amide bonds. The zero-order valence-electron chi connectivity index (χ0n) is 9.04. The number of nitriles is 1. The molecule has 0 heterocycles. The smallest absolute Gasteiger partial charge is 0.143 e. The molecule has 0 bridgehead atoms. The first-order valence-corrected chi connectivity index (χ1v) is 5.55. The van der Waals surface area contributed by atoms with Crippen molar-refractivity contribution in [2.45, 2.75) is 32.1 Å². The van der Waals surface area contributed by atoms with Gasteiger partial charge in [0.15, 0.2) is 0 Å². The summed E-state index contributed by atoms with van der Waals surface area (Å²) in [6, 6.07) is 6.32. The van der Waals surface area contributed by atoms with Crippen LogP contribution in [-0.4, -0.2) is 5.71 Å². The second-order valence-electron chi connectivity index (χ2n) is 4.01. The minimum atomic E-state index is -0.486. The molecule has 16 heavy (non-hydrogen) atoms. The van der Waals surface area contributed by atoms with Crippen molar-refractivity contribution in [1.82, 2.24) is 0 Å². The number of nitrogens with zero attached hydrogens (tertiary/aromatic N) is 2. The number of benzene rings is 1. The number of halogens is 1. The Morgan fingerprint density at radius 1 is 1.19 bits per heavy atom. The summed E-state index contributed by atoms with van der Waals surface area (Å²) < 4.78 is 13.3. The van der Waals surface area contributed by atoms with Crippen molar-refractivity contribution < 1.29 is 4.39 Å². The Kier molecular flexibility index (Phi) is 3.31. The van der Waals surface area contributed by atoms with Gasteiger partial charge in [0.25, 0.3) is 0 Å². The summed E-state index contributed by atoms with van der Waals surface area (Å²) in [4.78, 5) is 4.42. The molecule has 2 nitrogen and oxygen atoms in total. The van der Waals surface area contributed by atoms with Gasteiger partial charge in [-0.1, -0.05) is 6.42 Å². The predicted molar refractivity (Wildman–Crippen MR) is 61.3 cm³/mol. The van der Waals surface area contributed by atoms with Crippen LogP contribution in [0.3, 0.4) is 0 Å². The van der Waals surface area contributed by atoms with E-state index in [4.69, 9.17) is 5.26 Å². The van der Waals surface area contributed by atoms with E-state index in [-0.39, 0.29) is 5.56 Å². The predicted octanol–water partition coefficient (Wildman–Crippen LogP) is 3.73. The third kappa shape index (κ3) is 2.46. The highest BCUT2D eigenvalue weighted by Gasteiger charge is 2.07. The Bertz CT molecular complexity index is 449. The van der Waals surface area contributed by atoms with Crippen molar-refractivity contribution in [3.05, 3.63) is 29.6 Å². The highest BCUT2D eigenvalue weighted by atomic mass is 19.1. The first-order valence-electron chi connectivity index (χ1n) is 5.55. The fourth-order valence-corrected chi connectivity index (χ4v) is 1.92. The molecule has 82 valence electrons. The van der Waals surface area contributed by atoms with Crippen LogP contribution in [0.4, 0.5) is 10.1 Å². The second-order valence-corrected chi connectivity index (χ2v) is 4.01. The number of aliphatic imine (C=N–C) groups is 1. The molecule has 0 atom stereocenters. The normalized spacial score (nSPS) is 15.6. The van der Waals surface area contributed by atoms with Gasteiger partial charge in [0.05, 0.1) is 11.3 Å². The van der Waals surface area contributed by atoms with Crippen molar-refractivity contribution in [2.75, 3.05) is 0 Å². The topological polar surface area (TPSA) is 36.1 Å². The van der Waals surface area contributed by atoms with E-state index in [0.29, 0.717) is 5.69 Å². The van der Waals surface area contributed by atoms with Gasteiger partial charge in [0.2, 0.25) is 0 Å². The highest BCUT2D eigenvalue weighted by molar-refractivity contribution is 5.87. The monoisotopic (exact) mass is 216 g/mol. The van der Waals surface area contributed by atoms with Crippen LogP contribution in [0.25, 0.3) is 0 Å². The zero-order chi connectivity index (χ0) is 11.4. The number of hydrogen-bond acceptors (Lipinski definition) is 2. The lowest BCUT2D eigenvalue weighted by molar-refractivity contribution is 0.624. The molecule has 0 aromatic heterocycles. The van der Waals surface area contributed by atoms with E-state index < -0.39 is 5.82 Å². The first-order chi connectivity index (χ1) is 7.79. The van der Waals surface area contributed by atoms with Gasteiger partial charge in [-0.25, -0.2) is 4.39 Å². The molecule has 1 aliphatic carbocycles. The molecular weight excluding hydrogens is 203 g/mol. The maximum Gasteiger partial charge on any atom is 0.143 e. The van der Waals surface area contributed by atoms with Crippen molar-refractivity contribution in [2.24, 2.45) is 4.99 Å². The van der Waals surface area contributed by atoms with Crippen molar-refractivity contribution in [1.29, 1.82) is 5.26 Å². The Morgan fingerprint density at radius 3 is 2.56 bits per heavy atom. The fourth-order valence-electron chi connectivity index (χ4n) is 1.92. The van der Waals surface area contributed by atoms with Gasteiger partial charge in [-0.15, -0.1) is 0 Å². The molecule has 0 spiro atoms. The van der Waals surface area contributed by atoms with E-state index in [0.717, 1.165) is 18.6 Å². The molecule has 1 aromatic rings. The molecule has 0 aliphatic heterocycles. The van der Waals surface area contributed by atoms with Crippen molar-refractivity contribution in [3.63, 3.8) is 0 Å². The minimum absolute atomic E-state index is 0.0765. The third-order valence-electron chi connectivity index (χ3n) is 2.79. The van der Waals surface area contributed by atoms with Crippen molar-refractivity contribution >= 4 is 11.4 Å². The molecule has 1 aliphatic rings. The quantitative estimate of drug-likeness (QED) is 0.704. The standard InChI is InChI=1S/C13H13FN2/c14-13-8-12(7-6-10(13)9-15)16-11-4-2-1-3-5-11/h6-8H,1-5H2. The van der Waals surface area contributed by atoms with Gasteiger partial charge < -0.3 is 0 Å². The first kappa shape index (κ1) is 10.8. The van der Waals surface area contributed by atoms with E-state index in [9.17, 15) is 4.39 Å². The van der Waals surface area contributed by atoms with Crippen LogP contribution in [0.5, 0.6) is 0 Å². The van der Waals surface area contributed by atoms with E-state index in [2.05, 4.69) is 4.99 Å². The summed E-state index contributed by atoms with van der Waals surface area (Å²) in [5, 5.41) is 8.60. The second kappa shape index (κ2) is 4.89.